The third-order valence-corrected chi connectivity index (χ3v) is 3.74. The number of allylic oxidation sites excluding steroid dienone is 1. The van der Waals surface area contributed by atoms with Crippen LogP contribution in [0, 0.1) is 5.82 Å². The Balaban J connectivity index is 1.80. The summed E-state index contributed by atoms with van der Waals surface area (Å²) in [5.41, 5.74) is 1.01. The Labute approximate surface area is 108 Å². The zero-order chi connectivity index (χ0) is 12.4. The van der Waals surface area contributed by atoms with Crippen molar-refractivity contribution in [3.05, 3.63) is 59.3 Å². The number of halogens is 1. The smallest absolute Gasteiger partial charge is 0.123 e. The first-order valence-corrected chi connectivity index (χ1v) is 6.46. The Morgan fingerprint density at radius 1 is 1.33 bits per heavy atom. The normalized spacial score (nSPS) is 11.6. The van der Waals surface area contributed by atoms with Gasteiger partial charge in [0.25, 0.3) is 0 Å². The first kappa shape index (κ1) is 11.2. The minimum atomic E-state index is -0.188. The maximum Gasteiger partial charge on any atom is 0.123 e. The van der Waals surface area contributed by atoms with Crippen LogP contribution in [0.1, 0.15) is 10.6 Å². The molecule has 0 aliphatic rings. The summed E-state index contributed by atoms with van der Waals surface area (Å²) < 4.78 is 14.2. The molecule has 0 saturated heterocycles. The molecule has 0 saturated carbocycles. The molecule has 0 atom stereocenters. The highest BCUT2D eigenvalue weighted by atomic mass is 32.1. The van der Waals surface area contributed by atoms with Gasteiger partial charge in [0.15, 0.2) is 0 Å². The zero-order valence-electron chi connectivity index (χ0n) is 9.56. The number of benzene rings is 1. The van der Waals surface area contributed by atoms with Crippen molar-refractivity contribution in [2.45, 2.75) is 6.42 Å². The third-order valence-electron chi connectivity index (χ3n) is 2.66. The molecule has 0 aliphatic heterocycles. The van der Waals surface area contributed by atoms with Gasteiger partial charge in [0.05, 0.1) is 12.0 Å². The number of fused-ring (bicyclic) bond motifs is 1. The molecular formula is C14H11FN2S. The first-order valence-electron chi connectivity index (χ1n) is 5.64. The molecule has 2 nitrogen and oxygen atoms in total. The summed E-state index contributed by atoms with van der Waals surface area (Å²) in [7, 11) is 0. The van der Waals surface area contributed by atoms with Gasteiger partial charge in [-0.25, -0.2) is 9.37 Å². The summed E-state index contributed by atoms with van der Waals surface area (Å²) in [6.45, 7) is 0. The van der Waals surface area contributed by atoms with Gasteiger partial charge in [0.2, 0.25) is 0 Å². The Kier molecular flexibility index (Phi) is 2.94. The highest BCUT2D eigenvalue weighted by molar-refractivity contribution is 7.19. The standard InChI is InChI=1S/C14H11FN2S/c15-11-4-5-14-10(6-11)7-13(18-14)3-1-2-12-8-16-9-17-12/h1,3-9H,2H2,(H,16,17)/b3-1+. The van der Waals surface area contributed by atoms with Crippen molar-refractivity contribution < 1.29 is 4.39 Å². The second-order valence-electron chi connectivity index (χ2n) is 4.00. The van der Waals surface area contributed by atoms with E-state index in [0.717, 1.165) is 27.1 Å². The Morgan fingerprint density at radius 3 is 3.11 bits per heavy atom. The molecule has 0 amide bonds. The Morgan fingerprint density at radius 2 is 2.28 bits per heavy atom. The molecule has 4 heteroatoms. The topological polar surface area (TPSA) is 28.7 Å². The number of nitrogens with one attached hydrogen (secondary N) is 1. The molecule has 0 aliphatic carbocycles. The van der Waals surface area contributed by atoms with Crippen molar-refractivity contribution in [1.82, 2.24) is 9.97 Å². The maximum absolute atomic E-state index is 13.1. The van der Waals surface area contributed by atoms with Crippen LogP contribution in [0.2, 0.25) is 0 Å². The highest BCUT2D eigenvalue weighted by Gasteiger charge is 2.00. The maximum atomic E-state index is 13.1. The number of rotatable bonds is 3. The molecule has 0 bridgehead atoms. The minimum absolute atomic E-state index is 0.188. The number of hydrogen-bond donors (Lipinski definition) is 1. The van der Waals surface area contributed by atoms with Crippen LogP contribution in [-0.2, 0) is 6.42 Å². The van der Waals surface area contributed by atoms with Gasteiger partial charge >= 0.3 is 0 Å². The van der Waals surface area contributed by atoms with Crippen molar-refractivity contribution in [1.29, 1.82) is 0 Å². The molecule has 0 fully saturated rings. The molecule has 1 aromatic carbocycles. The van der Waals surface area contributed by atoms with E-state index in [2.05, 4.69) is 22.1 Å². The van der Waals surface area contributed by atoms with Crippen molar-refractivity contribution >= 4 is 27.5 Å². The highest BCUT2D eigenvalue weighted by Crippen LogP contribution is 2.27. The van der Waals surface area contributed by atoms with Gasteiger partial charge in [-0.1, -0.05) is 6.08 Å². The van der Waals surface area contributed by atoms with Crippen LogP contribution in [0.25, 0.3) is 16.2 Å². The number of aromatic amines is 1. The summed E-state index contributed by atoms with van der Waals surface area (Å²) in [4.78, 5) is 8.20. The van der Waals surface area contributed by atoms with Crippen LogP contribution in [0.4, 0.5) is 4.39 Å². The van der Waals surface area contributed by atoms with E-state index in [1.54, 1.807) is 23.7 Å². The van der Waals surface area contributed by atoms with E-state index in [9.17, 15) is 4.39 Å². The summed E-state index contributed by atoms with van der Waals surface area (Å²) >= 11 is 1.66. The van der Waals surface area contributed by atoms with Crippen LogP contribution in [0.5, 0.6) is 0 Å². The van der Waals surface area contributed by atoms with E-state index >= 15 is 0 Å². The van der Waals surface area contributed by atoms with Crippen LogP contribution in [0.3, 0.4) is 0 Å². The van der Waals surface area contributed by atoms with E-state index in [4.69, 9.17) is 0 Å². The van der Waals surface area contributed by atoms with Crippen LogP contribution < -0.4 is 0 Å². The van der Waals surface area contributed by atoms with Crippen molar-refractivity contribution in [2.24, 2.45) is 0 Å². The summed E-state index contributed by atoms with van der Waals surface area (Å²) in [5, 5.41) is 0.958. The molecule has 1 N–H and O–H groups in total. The molecule has 3 aromatic rings. The van der Waals surface area contributed by atoms with Gasteiger partial charge in [-0.05, 0) is 35.7 Å². The number of aromatic nitrogens is 2. The quantitative estimate of drug-likeness (QED) is 0.755. The Hall–Kier alpha value is -1.94. The lowest BCUT2D eigenvalue weighted by Gasteiger charge is -1.86. The predicted octanol–water partition coefficient (Wildman–Crippen LogP) is 4.02. The number of hydrogen-bond acceptors (Lipinski definition) is 2. The molecule has 2 aromatic heterocycles. The fraction of sp³-hybridized carbons (Fsp3) is 0.0714. The lowest BCUT2D eigenvalue weighted by Crippen LogP contribution is -1.77. The Bertz CT molecular complexity index is 683. The molecule has 0 radical (unpaired) electrons. The lowest BCUT2D eigenvalue weighted by atomic mass is 10.2. The minimum Gasteiger partial charge on any atom is -0.351 e. The number of H-pyrrole nitrogens is 1. The van der Waals surface area contributed by atoms with Gasteiger partial charge in [-0.2, -0.15) is 0 Å². The molecule has 0 unspecified atom stereocenters. The largest absolute Gasteiger partial charge is 0.351 e. The number of thiophene rings is 1. The van der Waals surface area contributed by atoms with Gasteiger partial charge in [0.1, 0.15) is 5.82 Å². The molecule has 2 heterocycles. The van der Waals surface area contributed by atoms with E-state index < -0.39 is 0 Å². The molecule has 0 spiro atoms. The SMILES string of the molecule is Fc1ccc2sc(/C=C/Cc3c[nH]cn3)cc2c1. The molecular weight excluding hydrogens is 247 g/mol. The molecule has 90 valence electrons. The van der Waals surface area contributed by atoms with Gasteiger partial charge in [-0.15, -0.1) is 11.3 Å². The fourth-order valence-corrected chi connectivity index (χ4v) is 2.79. The van der Waals surface area contributed by atoms with Crippen LogP contribution in [0.15, 0.2) is 42.9 Å². The van der Waals surface area contributed by atoms with Crippen molar-refractivity contribution in [2.75, 3.05) is 0 Å². The van der Waals surface area contributed by atoms with Gasteiger partial charge in [0, 0.05) is 22.2 Å². The third kappa shape index (κ3) is 2.33. The second kappa shape index (κ2) is 4.74. The molecule has 3 rings (SSSR count). The van der Waals surface area contributed by atoms with Crippen molar-refractivity contribution in [3.63, 3.8) is 0 Å². The number of nitrogens with zero attached hydrogens (tertiary/aromatic N) is 1. The predicted molar refractivity (Wildman–Crippen MR) is 73.1 cm³/mol. The van der Waals surface area contributed by atoms with Gasteiger partial charge in [-0.3, -0.25) is 0 Å². The lowest BCUT2D eigenvalue weighted by molar-refractivity contribution is 0.630. The van der Waals surface area contributed by atoms with E-state index in [0.29, 0.717) is 0 Å². The van der Waals surface area contributed by atoms with Crippen LogP contribution in [-0.4, -0.2) is 9.97 Å². The fourth-order valence-electron chi connectivity index (χ4n) is 1.82. The van der Waals surface area contributed by atoms with E-state index in [1.807, 2.05) is 18.3 Å². The summed E-state index contributed by atoms with van der Waals surface area (Å²) in [6, 6.07) is 6.89. The molecule has 18 heavy (non-hydrogen) atoms. The second-order valence-corrected chi connectivity index (χ2v) is 5.11. The van der Waals surface area contributed by atoms with Gasteiger partial charge < -0.3 is 4.98 Å². The van der Waals surface area contributed by atoms with E-state index in [1.165, 1.54) is 6.07 Å². The summed E-state index contributed by atoms with van der Waals surface area (Å²) in [5.74, 6) is -0.188. The number of imidazole rings is 1. The van der Waals surface area contributed by atoms with Crippen molar-refractivity contribution in [3.8, 4) is 0 Å². The average molecular weight is 258 g/mol. The monoisotopic (exact) mass is 258 g/mol. The average Bonchev–Trinajstić information content (AvgIpc) is 2.97. The zero-order valence-corrected chi connectivity index (χ0v) is 10.4. The summed E-state index contributed by atoms with van der Waals surface area (Å²) in [6.07, 6.45) is 8.47. The van der Waals surface area contributed by atoms with Crippen LogP contribution >= 0.6 is 11.3 Å². The first-order chi connectivity index (χ1) is 8.81. The van der Waals surface area contributed by atoms with E-state index in [-0.39, 0.29) is 5.82 Å².